The highest BCUT2D eigenvalue weighted by Gasteiger charge is 2.34. The second-order valence-electron chi connectivity index (χ2n) is 3.01. The van der Waals surface area contributed by atoms with Gasteiger partial charge in [-0.05, 0) is 19.3 Å². The highest BCUT2D eigenvalue weighted by atomic mass is 15.0. The van der Waals surface area contributed by atoms with Gasteiger partial charge in [0.05, 0.1) is 0 Å². The van der Waals surface area contributed by atoms with Crippen LogP contribution in [0.3, 0.4) is 0 Å². The van der Waals surface area contributed by atoms with Crippen molar-refractivity contribution >= 4 is 0 Å². The van der Waals surface area contributed by atoms with Gasteiger partial charge in [-0.2, -0.15) is 0 Å². The zero-order chi connectivity index (χ0) is 7.45. The van der Waals surface area contributed by atoms with E-state index in [4.69, 9.17) is 5.73 Å². The molecular weight excluding hydrogens is 124 g/mol. The van der Waals surface area contributed by atoms with Crippen molar-refractivity contribution in [2.45, 2.75) is 24.8 Å². The Morgan fingerprint density at radius 3 is 2.60 bits per heavy atom. The third-order valence-corrected chi connectivity index (χ3v) is 2.32. The van der Waals surface area contributed by atoms with Gasteiger partial charge in [-0.3, -0.25) is 0 Å². The lowest BCUT2D eigenvalue weighted by atomic mass is 9.77. The van der Waals surface area contributed by atoms with Crippen LogP contribution < -0.4 is 11.1 Å². The van der Waals surface area contributed by atoms with Crippen molar-refractivity contribution in [2.24, 2.45) is 5.73 Å². The van der Waals surface area contributed by atoms with Crippen LogP contribution in [0.2, 0.25) is 0 Å². The van der Waals surface area contributed by atoms with E-state index in [1.165, 1.54) is 19.3 Å². The normalized spacial score (nSPS) is 21.7. The van der Waals surface area contributed by atoms with Crippen molar-refractivity contribution < 1.29 is 0 Å². The average Bonchev–Trinajstić information content (AvgIpc) is 1.87. The highest BCUT2D eigenvalue weighted by molar-refractivity contribution is 4.97. The van der Waals surface area contributed by atoms with Crippen LogP contribution in [-0.4, -0.2) is 18.6 Å². The summed E-state index contributed by atoms with van der Waals surface area (Å²) in [5.41, 5.74) is 5.88. The van der Waals surface area contributed by atoms with Gasteiger partial charge in [0.1, 0.15) is 0 Å². The van der Waals surface area contributed by atoms with Gasteiger partial charge >= 0.3 is 0 Å². The van der Waals surface area contributed by atoms with Crippen molar-refractivity contribution in [1.29, 1.82) is 0 Å². The summed E-state index contributed by atoms with van der Waals surface area (Å²) < 4.78 is 0. The summed E-state index contributed by atoms with van der Waals surface area (Å²) in [7, 11) is 0. The Balaban J connectivity index is 2.26. The summed E-state index contributed by atoms with van der Waals surface area (Å²) in [5.74, 6) is 0. The predicted molar refractivity (Wildman–Crippen MR) is 43.8 cm³/mol. The van der Waals surface area contributed by atoms with Crippen LogP contribution in [0.5, 0.6) is 0 Å². The van der Waals surface area contributed by atoms with Crippen molar-refractivity contribution in [2.75, 3.05) is 13.1 Å². The molecule has 2 nitrogen and oxygen atoms in total. The van der Waals surface area contributed by atoms with Crippen molar-refractivity contribution in [1.82, 2.24) is 5.32 Å². The molecule has 0 spiro atoms. The summed E-state index contributed by atoms with van der Waals surface area (Å²) in [6, 6.07) is 0. The molecule has 2 heteroatoms. The first-order valence-electron chi connectivity index (χ1n) is 3.89. The standard InChI is InChI=1S/C8H16N2/c1-2-6-10-8(7-9)4-3-5-8/h2,10H,1,3-7,9H2. The summed E-state index contributed by atoms with van der Waals surface area (Å²) in [4.78, 5) is 0. The minimum atomic E-state index is 0.272. The summed E-state index contributed by atoms with van der Waals surface area (Å²) >= 11 is 0. The largest absolute Gasteiger partial charge is 0.329 e. The molecule has 0 atom stereocenters. The van der Waals surface area contributed by atoms with Crippen LogP contribution in [0.4, 0.5) is 0 Å². The van der Waals surface area contributed by atoms with Crippen LogP contribution in [0.25, 0.3) is 0 Å². The maximum Gasteiger partial charge on any atom is 0.0306 e. The molecule has 0 aromatic carbocycles. The smallest absolute Gasteiger partial charge is 0.0306 e. The molecule has 58 valence electrons. The lowest BCUT2D eigenvalue weighted by Crippen LogP contribution is -2.56. The molecule has 1 fully saturated rings. The van der Waals surface area contributed by atoms with Gasteiger partial charge in [-0.15, -0.1) is 6.58 Å². The Labute approximate surface area is 62.5 Å². The molecule has 0 aromatic rings. The average molecular weight is 140 g/mol. The minimum Gasteiger partial charge on any atom is -0.329 e. The van der Waals surface area contributed by atoms with E-state index >= 15 is 0 Å². The van der Waals surface area contributed by atoms with Gasteiger partial charge in [0.25, 0.3) is 0 Å². The van der Waals surface area contributed by atoms with Gasteiger partial charge in [-0.1, -0.05) is 6.08 Å². The fraction of sp³-hybridized carbons (Fsp3) is 0.750. The molecule has 0 amide bonds. The number of nitrogens with one attached hydrogen (secondary N) is 1. The zero-order valence-corrected chi connectivity index (χ0v) is 6.40. The number of hydrogen-bond acceptors (Lipinski definition) is 2. The van der Waals surface area contributed by atoms with E-state index < -0.39 is 0 Å². The number of nitrogens with two attached hydrogens (primary N) is 1. The molecule has 1 rings (SSSR count). The van der Waals surface area contributed by atoms with Crippen LogP contribution in [0.1, 0.15) is 19.3 Å². The molecule has 1 saturated carbocycles. The van der Waals surface area contributed by atoms with Crippen LogP contribution in [0, 0.1) is 0 Å². The molecular formula is C8H16N2. The molecule has 1 aliphatic carbocycles. The fourth-order valence-corrected chi connectivity index (χ4v) is 1.35. The van der Waals surface area contributed by atoms with E-state index in [2.05, 4.69) is 11.9 Å². The van der Waals surface area contributed by atoms with Gasteiger partial charge in [0, 0.05) is 18.6 Å². The molecule has 0 aliphatic heterocycles. The third kappa shape index (κ3) is 1.39. The first kappa shape index (κ1) is 7.76. The Morgan fingerprint density at radius 2 is 2.30 bits per heavy atom. The van der Waals surface area contributed by atoms with Gasteiger partial charge in [0.15, 0.2) is 0 Å². The van der Waals surface area contributed by atoms with E-state index in [1.54, 1.807) is 0 Å². The quantitative estimate of drug-likeness (QED) is 0.562. The molecule has 0 saturated heterocycles. The molecule has 3 N–H and O–H groups in total. The van der Waals surface area contributed by atoms with E-state index in [-0.39, 0.29) is 5.54 Å². The van der Waals surface area contributed by atoms with Gasteiger partial charge in [0.2, 0.25) is 0 Å². The molecule has 0 unspecified atom stereocenters. The van der Waals surface area contributed by atoms with Gasteiger partial charge in [-0.25, -0.2) is 0 Å². The number of rotatable bonds is 4. The third-order valence-electron chi connectivity index (χ3n) is 2.32. The van der Waals surface area contributed by atoms with E-state index in [9.17, 15) is 0 Å². The van der Waals surface area contributed by atoms with Crippen molar-refractivity contribution in [3.8, 4) is 0 Å². The monoisotopic (exact) mass is 140 g/mol. The maximum atomic E-state index is 5.61. The summed E-state index contributed by atoms with van der Waals surface area (Å²) in [6.45, 7) is 5.30. The molecule has 10 heavy (non-hydrogen) atoms. The molecule has 0 heterocycles. The lowest BCUT2D eigenvalue weighted by Gasteiger charge is -2.41. The van der Waals surface area contributed by atoms with Crippen molar-refractivity contribution in [3.05, 3.63) is 12.7 Å². The Hall–Kier alpha value is -0.340. The van der Waals surface area contributed by atoms with E-state index in [1.807, 2.05) is 6.08 Å². The van der Waals surface area contributed by atoms with E-state index in [0.29, 0.717) is 0 Å². The second kappa shape index (κ2) is 3.17. The fourth-order valence-electron chi connectivity index (χ4n) is 1.35. The van der Waals surface area contributed by atoms with Crippen LogP contribution in [0.15, 0.2) is 12.7 Å². The number of hydrogen-bond donors (Lipinski definition) is 2. The summed E-state index contributed by atoms with van der Waals surface area (Å²) in [5, 5.41) is 3.39. The topological polar surface area (TPSA) is 38.0 Å². The molecule has 0 radical (unpaired) electrons. The first-order valence-corrected chi connectivity index (χ1v) is 3.89. The molecule has 0 aromatic heterocycles. The zero-order valence-electron chi connectivity index (χ0n) is 6.40. The molecule has 0 bridgehead atoms. The van der Waals surface area contributed by atoms with Crippen LogP contribution in [-0.2, 0) is 0 Å². The second-order valence-corrected chi connectivity index (χ2v) is 3.01. The Morgan fingerprint density at radius 1 is 1.60 bits per heavy atom. The van der Waals surface area contributed by atoms with Gasteiger partial charge < -0.3 is 11.1 Å². The Kier molecular flexibility index (Phi) is 2.46. The lowest BCUT2D eigenvalue weighted by molar-refractivity contribution is 0.201. The Bertz CT molecular complexity index is 111. The predicted octanol–water partition coefficient (Wildman–Crippen LogP) is 0.643. The first-order chi connectivity index (χ1) is 4.83. The van der Waals surface area contributed by atoms with Crippen molar-refractivity contribution in [3.63, 3.8) is 0 Å². The SMILES string of the molecule is C=CCNC1(CN)CCC1. The maximum absolute atomic E-state index is 5.61. The van der Waals surface area contributed by atoms with E-state index in [0.717, 1.165) is 13.1 Å². The minimum absolute atomic E-state index is 0.272. The molecule has 1 aliphatic rings. The highest BCUT2D eigenvalue weighted by Crippen LogP contribution is 2.30. The summed E-state index contributed by atoms with van der Waals surface area (Å²) in [6.07, 6.45) is 5.67. The van der Waals surface area contributed by atoms with Crippen LogP contribution >= 0.6 is 0 Å².